The fourth-order valence-corrected chi connectivity index (χ4v) is 3.09. The lowest BCUT2D eigenvalue weighted by molar-refractivity contribution is 0.557. The molecule has 2 nitrogen and oxygen atoms in total. The number of nitrogens with one attached hydrogen (secondary N) is 1. The van der Waals surface area contributed by atoms with Gasteiger partial charge in [-0.2, -0.15) is 0 Å². The van der Waals surface area contributed by atoms with Crippen LogP contribution in [0.1, 0.15) is 33.9 Å². The van der Waals surface area contributed by atoms with Crippen LogP contribution in [0.4, 0.5) is 4.39 Å². The topological polar surface area (TPSA) is 38.0 Å². The maximum absolute atomic E-state index is 14.1. The minimum atomic E-state index is -0.368. The van der Waals surface area contributed by atoms with E-state index in [0.717, 1.165) is 21.2 Å². The van der Waals surface area contributed by atoms with Crippen LogP contribution in [0, 0.1) is 26.6 Å². The Morgan fingerprint density at radius 1 is 1.10 bits per heavy atom. The highest BCUT2D eigenvalue weighted by molar-refractivity contribution is 9.10. The second-order valence-electron chi connectivity index (χ2n) is 5.08. The van der Waals surface area contributed by atoms with Gasteiger partial charge in [0.15, 0.2) is 0 Å². The van der Waals surface area contributed by atoms with Crippen molar-refractivity contribution >= 4 is 15.9 Å². The smallest absolute Gasteiger partial charge is 0.128 e. The highest BCUT2D eigenvalue weighted by atomic mass is 79.9. The molecule has 1 unspecified atom stereocenters. The van der Waals surface area contributed by atoms with E-state index in [1.165, 1.54) is 11.6 Å². The van der Waals surface area contributed by atoms with E-state index in [-0.39, 0.29) is 11.9 Å². The molecular weight excluding hydrogens is 319 g/mol. The van der Waals surface area contributed by atoms with Gasteiger partial charge in [-0.15, -0.1) is 0 Å². The summed E-state index contributed by atoms with van der Waals surface area (Å²) in [7, 11) is 0. The molecule has 106 valence electrons. The van der Waals surface area contributed by atoms with Crippen LogP contribution in [0.25, 0.3) is 0 Å². The van der Waals surface area contributed by atoms with Crippen molar-refractivity contribution in [2.45, 2.75) is 26.8 Å². The van der Waals surface area contributed by atoms with Crippen LogP contribution in [-0.2, 0) is 0 Å². The molecule has 3 N–H and O–H groups in total. The van der Waals surface area contributed by atoms with Gasteiger partial charge in [-0.25, -0.2) is 9.82 Å². The van der Waals surface area contributed by atoms with Crippen molar-refractivity contribution in [3.05, 3.63) is 68.4 Å². The molecule has 0 fully saturated rings. The highest BCUT2D eigenvalue weighted by Gasteiger charge is 2.20. The first-order chi connectivity index (χ1) is 9.43. The van der Waals surface area contributed by atoms with E-state index >= 15 is 0 Å². The number of rotatable bonds is 3. The zero-order valence-corrected chi connectivity index (χ0v) is 13.4. The molecule has 0 aliphatic heterocycles. The average molecular weight is 337 g/mol. The summed E-state index contributed by atoms with van der Waals surface area (Å²) in [6, 6.07) is 8.70. The van der Waals surface area contributed by atoms with E-state index in [1.807, 2.05) is 20.8 Å². The summed E-state index contributed by atoms with van der Waals surface area (Å²) >= 11 is 3.38. The minimum absolute atomic E-state index is 0.268. The lowest BCUT2D eigenvalue weighted by atomic mass is 9.90. The van der Waals surface area contributed by atoms with Crippen molar-refractivity contribution in [2.75, 3.05) is 0 Å². The van der Waals surface area contributed by atoms with Crippen LogP contribution in [-0.4, -0.2) is 0 Å². The van der Waals surface area contributed by atoms with Crippen molar-refractivity contribution < 1.29 is 4.39 Å². The third-order valence-electron chi connectivity index (χ3n) is 3.46. The van der Waals surface area contributed by atoms with Gasteiger partial charge in [-0.1, -0.05) is 33.6 Å². The Hall–Kier alpha value is -1.23. The maximum atomic E-state index is 14.1. The first kappa shape index (κ1) is 15.2. The summed E-state index contributed by atoms with van der Waals surface area (Å²) in [5.74, 6) is 5.43. The molecule has 2 aromatic rings. The zero-order valence-electron chi connectivity index (χ0n) is 11.8. The van der Waals surface area contributed by atoms with Crippen LogP contribution < -0.4 is 11.3 Å². The van der Waals surface area contributed by atoms with Crippen LogP contribution in [0.5, 0.6) is 0 Å². The molecule has 0 saturated carbocycles. The Balaban J connectivity index is 2.61. The van der Waals surface area contributed by atoms with Crippen LogP contribution in [0.3, 0.4) is 0 Å². The molecule has 4 heteroatoms. The molecule has 1 atom stereocenters. The molecule has 0 spiro atoms. The monoisotopic (exact) mass is 336 g/mol. The standard InChI is InChI=1S/C16H18BrFN2/c1-9-6-10(2)15(11(3)7-9)16(20-19)13-8-12(17)4-5-14(13)18/h4-8,16,20H,19H2,1-3H3. The Bertz CT molecular complexity index is 617. The van der Waals surface area contributed by atoms with Gasteiger partial charge in [0, 0.05) is 10.0 Å². The van der Waals surface area contributed by atoms with Gasteiger partial charge in [0.1, 0.15) is 5.82 Å². The Kier molecular flexibility index (Phi) is 4.58. The third-order valence-corrected chi connectivity index (χ3v) is 3.96. The molecule has 0 bridgehead atoms. The predicted molar refractivity (Wildman–Crippen MR) is 83.9 cm³/mol. The lowest BCUT2D eigenvalue weighted by Gasteiger charge is -2.22. The Morgan fingerprint density at radius 3 is 2.25 bits per heavy atom. The number of benzene rings is 2. The molecule has 0 aliphatic carbocycles. The van der Waals surface area contributed by atoms with Crippen molar-refractivity contribution in [2.24, 2.45) is 5.84 Å². The van der Waals surface area contributed by atoms with E-state index in [2.05, 4.69) is 33.5 Å². The molecule has 0 saturated heterocycles. The molecule has 0 heterocycles. The second-order valence-corrected chi connectivity index (χ2v) is 5.99. The molecule has 0 aliphatic rings. The van der Waals surface area contributed by atoms with Crippen molar-refractivity contribution in [3.8, 4) is 0 Å². The van der Waals surface area contributed by atoms with Crippen molar-refractivity contribution in [1.29, 1.82) is 0 Å². The largest absolute Gasteiger partial charge is 0.271 e. The molecule has 0 aromatic heterocycles. The first-order valence-corrected chi connectivity index (χ1v) is 7.22. The maximum Gasteiger partial charge on any atom is 0.128 e. The van der Waals surface area contributed by atoms with Gasteiger partial charge < -0.3 is 0 Å². The third kappa shape index (κ3) is 2.92. The van der Waals surface area contributed by atoms with E-state index in [9.17, 15) is 4.39 Å². The number of nitrogens with two attached hydrogens (primary N) is 1. The van der Waals surface area contributed by atoms with E-state index in [1.54, 1.807) is 12.1 Å². The van der Waals surface area contributed by atoms with Crippen molar-refractivity contribution in [1.82, 2.24) is 5.43 Å². The van der Waals surface area contributed by atoms with Crippen LogP contribution in [0.15, 0.2) is 34.8 Å². The molecular formula is C16H18BrFN2. The normalized spacial score (nSPS) is 12.5. The fourth-order valence-electron chi connectivity index (χ4n) is 2.71. The van der Waals surface area contributed by atoms with Crippen LogP contribution >= 0.6 is 15.9 Å². The molecule has 20 heavy (non-hydrogen) atoms. The van der Waals surface area contributed by atoms with Gasteiger partial charge in [-0.3, -0.25) is 5.84 Å². The fraction of sp³-hybridized carbons (Fsp3) is 0.250. The van der Waals surface area contributed by atoms with Gasteiger partial charge in [0.25, 0.3) is 0 Å². The second kappa shape index (κ2) is 6.04. The summed E-state index contributed by atoms with van der Waals surface area (Å²) in [6.07, 6.45) is 0. The summed E-state index contributed by atoms with van der Waals surface area (Å²) in [4.78, 5) is 0. The van der Waals surface area contributed by atoms with Gasteiger partial charge >= 0.3 is 0 Å². The molecule has 0 amide bonds. The van der Waals surface area contributed by atoms with E-state index < -0.39 is 0 Å². The minimum Gasteiger partial charge on any atom is -0.271 e. The van der Waals surface area contributed by atoms with E-state index in [4.69, 9.17) is 5.84 Å². The summed E-state index contributed by atoms with van der Waals surface area (Å²) in [6.45, 7) is 6.10. The average Bonchev–Trinajstić information content (AvgIpc) is 2.37. The van der Waals surface area contributed by atoms with E-state index in [0.29, 0.717) is 5.56 Å². The van der Waals surface area contributed by atoms with Crippen molar-refractivity contribution in [3.63, 3.8) is 0 Å². The zero-order chi connectivity index (χ0) is 14.9. The van der Waals surface area contributed by atoms with Gasteiger partial charge in [-0.05, 0) is 55.7 Å². The first-order valence-electron chi connectivity index (χ1n) is 6.43. The Morgan fingerprint density at radius 2 is 1.70 bits per heavy atom. The predicted octanol–water partition coefficient (Wildman–Crippen LogP) is 4.07. The van der Waals surface area contributed by atoms with Gasteiger partial charge in [0.05, 0.1) is 6.04 Å². The van der Waals surface area contributed by atoms with Gasteiger partial charge in [0.2, 0.25) is 0 Å². The molecule has 2 aromatic carbocycles. The summed E-state index contributed by atoms with van der Waals surface area (Å²) in [5, 5.41) is 0. The quantitative estimate of drug-likeness (QED) is 0.655. The Labute approximate surface area is 127 Å². The molecule has 2 rings (SSSR count). The summed E-state index contributed by atoms with van der Waals surface area (Å²) < 4.78 is 14.9. The van der Waals surface area contributed by atoms with Crippen LogP contribution in [0.2, 0.25) is 0 Å². The number of hydrogen-bond acceptors (Lipinski definition) is 2. The lowest BCUT2D eigenvalue weighted by Crippen LogP contribution is -2.30. The number of aryl methyl sites for hydroxylation is 3. The highest BCUT2D eigenvalue weighted by Crippen LogP contribution is 2.31. The number of hydrogen-bond donors (Lipinski definition) is 2. The molecule has 0 radical (unpaired) electrons. The number of halogens is 2. The number of hydrazine groups is 1. The summed E-state index contributed by atoms with van der Waals surface area (Å²) in [5.41, 5.74) is 7.70. The SMILES string of the molecule is Cc1cc(C)c(C(NN)c2cc(Br)ccc2F)c(C)c1.